The zero-order valence-corrected chi connectivity index (χ0v) is 15.1. The summed E-state index contributed by atoms with van der Waals surface area (Å²) in [6.07, 6.45) is 5.59. The van der Waals surface area contributed by atoms with E-state index < -0.39 is 16.0 Å². The number of hydrogen-bond acceptors (Lipinski definition) is 8. The molecule has 0 aromatic carbocycles. The number of rotatable bonds is 5. The third-order valence-corrected chi connectivity index (χ3v) is 6.72. The molecule has 1 unspecified atom stereocenters. The van der Waals surface area contributed by atoms with Crippen molar-refractivity contribution in [1.82, 2.24) is 14.3 Å². The van der Waals surface area contributed by atoms with Gasteiger partial charge >= 0.3 is 5.97 Å². The van der Waals surface area contributed by atoms with Gasteiger partial charge in [-0.05, 0) is 24.3 Å². The monoisotopic (exact) mass is 383 g/mol. The highest BCUT2D eigenvalue weighted by molar-refractivity contribution is 7.89. The molecule has 1 saturated heterocycles. The lowest BCUT2D eigenvalue weighted by atomic mass is 10.1. The molecule has 0 radical (unpaired) electrons. The summed E-state index contributed by atoms with van der Waals surface area (Å²) < 4.78 is 37.6. The predicted molar refractivity (Wildman–Crippen MR) is 90.1 cm³/mol. The van der Waals surface area contributed by atoms with Gasteiger partial charge in [0.05, 0.1) is 19.9 Å². The first-order chi connectivity index (χ1) is 12.0. The Morgan fingerprint density at radius 3 is 2.96 bits per heavy atom. The number of carbonyl (C=O) groups is 1. The molecule has 1 aliphatic rings. The van der Waals surface area contributed by atoms with Gasteiger partial charge in [-0.15, -0.1) is 11.3 Å². The van der Waals surface area contributed by atoms with Crippen molar-refractivity contribution in [3.05, 3.63) is 34.9 Å². The number of hydrogen-bond donors (Lipinski definition) is 0. The van der Waals surface area contributed by atoms with Gasteiger partial charge in [-0.2, -0.15) is 4.31 Å². The summed E-state index contributed by atoms with van der Waals surface area (Å²) in [4.78, 5) is 19.8. The second-order valence-corrected chi connectivity index (χ2v) is 8.22. The van der Waals surface area contributed by atoms with E-state index >= 15 is 0 Å². The molecule has 3 rings (SSSR count). The summed E-state index contributed by atoms with van der Waals surface area (Å²) in [5, 5.41) is 1.57. The second kappa shape index (κ2) is 7.46. The summed E-state index contributed by atoms with van der Waals surface area (Å²) in [6.45, 7) is 0.564. The first-order valence-corrected chi connectivity index (χ1v) is 9.93. The molecule has 2 aromatic heterocycles. The lowest BCUT2D eigenvalue weighted by Gasteiger charge is -2.31. The smallest absolute Gasteiger partial charge is 0.349 e. The normalized spacial score (nSPS) is 18.7. The summed E-state index contributed by atoms with van der Waals surface area (Å²) >= 11 is 1.05. The lowest BCUT2D eigenvalue weighted by molar-refractivity contribution is 0.0602. The van der Waals surface area contributed by atoms with E-state index in [1.54, 1.807) is 5.38 Å². The van der Waals surface area contributed by atoms with Gasteiger partial charge in [0.15, 0.2) is 0 Å². The minimum atomic E-state index is -3.80. The molecule has 8 nitrogen and oxygen atoms in total. The first-order valence-electron chi connectivity index (χ1n) is 7.61. The van der Waals surface area contributed by atoms with Gasteiger partial charge in [0, 0.05) is 18.9 Å². The van der Waals surface area contributed by atoms with Crippen LogP contribution in [0.5, 0.6) is 5.88 Å². The molecule has 0 saturated carbocycles. The molecule has 1 fully saturated rings. The third-order valence-electron chi connectivity index (χ3n) is 3.79. The van der Waals surface area contributed by atoms with E-state index in [9.17, 15) is 13.2 Å². The number of methoxy groups -OCH3 is 1. The van der Waals surface area contributed by atoms with E-state index in [0.29, 0.717) is 18.8 Å². The molecule has 0 spiro atoms. The van der Waals surface area contributed by atoms with Crippen LogP contribution in [0.15, 0.2) is 34.9 Å². The maximum Gasteiger partial charge on any atom is 0.349 e. The van der Waals surface area contributed by atoms with Crippen LogP contribution in [0.3, 0.4) is 0 Å². The molecule has 10 heteroatoms. The molecular weight excluding hydrogens is 366 g/mol. The van der Waals surface area contributed by atoms with E-state index in [-0.39, 0.29) is 22.4 Å². The van der Waals surface area contributed by atoms with Crippen LogP contribution in [0.2, 0.25) is 0 Å². The summed E-state index contributed by atoms with van der Waals surface area (Å²) in [6, 6.07) is 1.43. The van der Waals surface area contributed by atoms with Gasteiger partial charge in [0.25, 0.3) is 0 Å². The SMILES string of the molecule is COC(=O)c1sccc1S(=O)(=O)N1CCCC(Oc2cnccn2)C1. The van der Waals surface area contributed by atoms with Crippen molar-refractivity contribution < 1.29 is 22.7 Å². The maximum absolute atomic E-state index is 12.9. The van der Waals surface area contributed by atoms with Crippen LogP contribution in [0.25, 0.3) is 0 Å². The van der Waals surface area contributed by atoms with Gasteiger partial charge in [0.1, 0.15) is 15.9 Å². The van der Waals surface area contributed by atoms with E-state index in [4.69, 9.17) is 4.74 Å². The Bertz CT molecular complexity index is 838. The predicted octanol–water partition coefficient (Wildman–Crippen LogP) is 1.56. The maximum atomic E-state index is 12.9. The van der Waals surface area contributed by atoms with Crippen molar-refractivity contribution in [2.75, 3.05) is 20.2 Å². The van der Waals surface area contributed by atoms with Crippen molar-refractivity contribution >= 4 is 27.3 Å². The standard InChI is InChI=1S/C15H17N3O5S2/c1-22-15(19)14-12(4-8-24-14)25(20,21)18-7-2-3-11(10-18)23-13-9-16-5-6-17-13/h4-6,8-9,11H,2-3,7,10H2,1H3. The number of carbonyl (C=O) groups excluding carboxylic acids is 1. The summed E-state index contributed by atoms with van der Waals surface area (Å²) in [5.74, 6) is -0.296. The Morgan fingerprint density at radius 2 is 2.24 bits per heavy atom. The number of esters is 1. The van der Waals surface area contributed by atoms with Gasteiger partial charge < -0.3 is 9.47 Å². The fourth-order valence-corrected chi connectivity index (χ4v) is 5.44. The number of ether oxygens (including phenoxy) is 2. The minimum absolute atomic E-state index is 0.0236. The molecule has 1 atom stereocenters. The van der Waals surface area contributed by atoms with Crippen LogP contribution >= 0.6 is 11.3 Å². The molecule has 134 valence electrons. The van der Waals surface area contributed by atoms with Crippen molar-refractivity contribution in [1.29, 1.82) is 0 Å². The molecule has 1 aliphatic heterocycles. The Hall–Kier alpha value is -2.04. The Kier molecular flexibility index (Phi) is 5.30. The molecule has 25 heavy (non-hydrogen) atoms. The fourth-order valence-electron chi connectivity index (χ4n) is 2.62. The van der Waals surface area contributed by atoms with Crippen molar-refractivity contribution in [2.45, 2.75) is 23.8 Å². The van der Waals surface area contributed by atoms with Crippen molar-refractivity contribution in [3.8, 4) is 5.88 Å². The van der Waals surface area contributed by atoms with Crippen LogP contribution in [0.1, 0.15) is 22.5 Å². The Labute approximate surface area is 149 Å². The van der Waals surface area contributed by atoms with Crippen LogP contribution in [0.4, 0.5) is 0 Å². The van der Waals surface area contributed by atoms with Gasteiger partial charge in [-0.3, -0.25) is 4.98 Å². The highest BCUT2D eigenvalue weighted by Gasteiger charge is 2.34. The fraction of sp³-hybridized carbons (Fsp3) is 0.400. The van der Waals surface area contributed by atoms with Gasteiger partial charge in [0.2, 0.25) is 15.9 Å². The summed E-state index contributed by atoms with van der Waals surface area (Å²) in [5.41, 5.74) is 0. The zero-order chi connectivity index (χ0) is 17.9. The minimum Gasteiger partial charge on any atom is -0.472 e. The lowest BCUT2D eigenvalue weighted by Crippen LogP contribution is -2.44. The molecule has 3 heterocycles. The molecule has 2 aromatic rings. The van der Waals surface area contributed by atoms with Crippen LogP contribution < -0.4 is 4.74 Å². The number of nitrogens with zero attached hydrogens (tertiary/aromatic N) is 3. The number of piperidine rings is 1. The Balaban J connectivity index is 1.78. The molecule has 0 bridgehead atoms. The van der Waals surface area contributed by atoms with E-state index in [1.165, 1.54) is 36.1 Å². The first kappa shape index (κ1) is 17.8. The largest absolute Gasteiger partial charge is 0.472 e. The molecule has 0 aliphatic carbocycles. The average molecular weight is 383 g/mol. The van der Waals surface area contributed by atoms with Gasteiger partial charge in [-0.1, -0.05) is 0 Å². The Morgan fingerprint density at radius 1 is 1.40 bits per heavy atom. The highest BCUT2D eigenvalue weighted by Crippen LogP contribution is 2.28. The second-order valence-electron chi connectivity index (χ2n) is 5.39. The van der Waals surface area contributed by atoms with Crippen LogP contribution in [-0.2, 0) is 14.8 Å². The van der Waals surface area contributed by atoms with E-state index in [0.717, 1.165) is 17.8 Å². The van der Waals surface area contributed by atoms with Crippen molar-refractivity contribution in [3.63, 3.8) is 0 Å². The molecule has 0 amide bonds. The van der Waals surface area contributed by atoms with Crippen molar-refractivity contribution in [2.24, 2.45) is 0 Å². The van der Waals surface area contributed by atoms with E-state index in [1.807, 2.05) is 0 Å². The quantitative estimate of drug-likeness (QED) is 0.723. The highest BCUT2D eigenvalue weighted by atomic mass is 32.2. The van der Waals surface area contributed by atoms with Gasteiger partial charge in [-0.25, -0.2) is 18.2 Å². The number of sulfonamides is 1. The molecular formula is C15H17N3O5S2. The number of thiophene rings is 1. The average Bonchev–Trinajstić information content (AvgIpc) is 3.13. The van der Waals surface area contributed by atoms with E-state index in [2.05, 4.69) is 14.7 Å². The van der Waals surface area contributed by atoms with Crippen LogP contribution in [-0.4, -0.2) is 55.0 Å². The summed E-state index contributed by atoms with van der Waals surface area (Å²) in [7, 11) is -2.58. The topological polar surface area (TPSA) is 98.7 Å². The third kappa shape index (κ3) is 3.80. The zero-order valence-electron chi connectivity index (χ0n) is 13.5. The van der Waals surface area contributed by atoms with Crippen LogP contribution in [0, 0.1) is 0 Å². The molecule has 0 N–H and O–H groups in total. The number of aromatic nitrogens is 2.